The van der Waals surface area contributed by atoms with E-state index >= 15 is 0 Å². The molecular weight excluding hydrogens is 296 g/mol. The lowest BCUT2D eigenvalue weighted by atomic mass is 9.52. The van der Waals surface area contributed by atoms with Crippen LogP contribution in [0.25, 0.3) is 0 Å². The Kier molecular flexibility index (Phi) is 3.78. The maximum Gasteiger partial charge on any atom is 0.123 e. The average molecular weight is 326 g/mol. The third-order valence-corrected chi connectivity index (χ3v) is 7.87. The molecule has 1 aromatic carbocycles. The minimum Gasteiger partial charge on any atom is -0.497 e. The monoisotopic (exact) mass is 326 g/mol. The van der Waals surface area contributed by atoms with Gasteiger partial charge in [-0.25, -0.2) is 0 Å². The summed E-state index contributed by atoms with van der Waals surface area (Å²) in [5, 5.41) is 0. The first kappa shape index (κ1) is 16.2. The van der Waals surface area contributed by atoms with Gasteiger partial charge >= 0.3 is 0 Å². The van der Waals surface area contributed by atoms with E-state index in [2.05, 4.69) is 39.0 Å². The Morgan fingerprint density at radius 3 is 2.75 bits per heavy atom. The molecule has 4 rings (SSSR count). The molecule has 2 nitrogen and oxygen atoms in total. The smallest absolute Gasteiger partial charge is 0.123 e. The van der Waals surface area contributed by atoms with Crippen molar-refractivity contribution in [3.63, 3.8) is 0 Å². The molecule has 0 heterocycles. The summed E-state index contributed by atoms with van der Waals surface area (Å²) >= 11 is 0. The maximum absolute atomic E-state index is 11.8. The Balaban J connectivity index is 1.73. The molecule has 24 heavy (non-hydrogen) atoms. The van der Waals surface area contributed by atoms with Crippen molar-refractivity contribution in [2.24, 2.45) is 35.0 Å². The van der Waals surface area contributed by atoms with Crippen LogP contribution in [0.1, 0.15) is 57.1 Å². The normalized spacial score (nSPS) is 43.5. The van der Waals surface area contributed by atoms with E-state index < -0.39 is 0 Å². The molecular formula is C22H30O2. The van der Waals surface area contributed by atoms with E-state index in [1.165, 1.54) is 31.1 Å². The second-order valence-electron chi connectivity index (χ2n) is 8.96. The predicted molar refractivity (Wildman–Crippen MR) is 96.3 cm³/mol. The van der Waals surface area contributed by atoms with Crippen LogP contribution in [0, 0.1) is 35.0 Å². The van der Waals surface area contributed by atoms with Crippen LogP contribution in [0.15, 0.2) is 18.2 Å². The molecule has 0 N–H and O–H groups in total. The van der Waals surface area contributed by atoms with Crippen LogP contribution in [0.3, 0.4) is 0 Å². The second kappa shape index (κ2) is 5.61. The largest absolute Gasteiger partial charge is 0.497 e. The van der Waals surface area contributed by atoms with Crippen molar-refractivity contribution in [1.29, 1.82) is 0 Å². The highest BCUT2D eigenvalue weighted by Crippen LogP contribution is 2.64. The number of carbonyl (C=O) groups excluding carboxylic acids is 1. The van der Waals surface area contributed by atoms with Crippen LogP contribution in [-0.2, 0) is 11.2 Å². The van der Waals surface area contributed by atoms with Crippen LogP contribution >= 0.6 is 0 Å². The van der Waals surface area contributed by atoms with Crippen molar-refractivity contribution in [2.45, 2.75) is 52.4 Å². The molecule has 3 aliphatic carbocycles. The van der Waals surface area contributed by atoms with Gasteiger partial charge in [-0.3, -0.25) is 0 Å². The van der Waals surface area contributed by atoms with Crippen LogP contribution in [-0.4, -0.2) is 13.4 Å². The Labute approximate surface area is 146 Å². The molecule has 2 fully saturated rings. The topological polar surface area (TPSA) is 26.3 Å². The summed E-state index contributed by atoms with van der Waals surface area (Å²) in [5.74, 6) is 4.58. The zero-order valence-corrected chi connectivity index (χ0v) is 15.4. The third kappa shape index (κ3) is 2.11. The fourth-order valence-corrected chi connectivity index (χ4v) is 6.78. The summed E-state index contributed by atoms with van der Waals surface area (Å²) in [7, 11) is 1.75. The SMILES string of the molecule is COc1ccc2c(c1)C[C@@H](C)[C@@H]1[C@@H]2CC[C@]2(C)[C@H](C=O)[C@@H](C)C[C@H]12. The third-order valence-electron chi connectivity index (χ3n) is 7.87. The fourth-order valence-electron chi connectivity index (χ4n) is 6.78. The van der Waals surface area contributed by atoms with Gasteiger partial charge in [0, 0.05) is 5.92 Å². The van der Waals surface area contributed by atoms with Gasteiger partial charge in [-0.05, 0) is 83.9 Å². The van der Waals surface area contributed by atoms with Gasteiger partial charge in [-0.2, -0.15) is 0 Å². The summed E-state index contributed by atoms with van der Waals surface area (Å²) in [6, 6.07) is 6.70. The van der Waals surface area contributed by atoms with Crippen molar-refractivity contribution < 1.29 is 9.53 Å². The number of methoxy groups -OCH3 is 1. The number of benzene rings is 1. The lowest BCUT2D eigenvalue weighted by Gasteiger charge is -2.52. The van der Waals surface area contributed by atoms with Crippen LogP contribution in [0.5, 0.6) is 5.75 Å². The highest BCUT2D eigenvalue weighted by Gasteiger charge is 2.58. The second-order valence-corrected chi connectivity index (χ2v) is 8.96. The average Bonchev–Trinajstić information content (AvgIpc) is 2.83. The Morgan fingerprint density at radius 1 is 1.25 bits per heavy atom. The van der Waals surface area contributed by atoms with Crippen LogP contribution < -0.4 is 4.74 Å². The summed E-state index contributed by atoms with van der Waals surface area (Å²) in [6.45, 7) is 7.14. The van der Waals surface area contributed by atoms with Gasteiger partial charge < -0.3 is 9.53 Å². The van der Waals surface area contributed by atoms with E-state index in [9.17, 15) is 4.79 Å². The molecule has 2 saturated carbocycles. The molecule has 0 unspecified atom stereocenters. The number of rotatable bonds is 2. The molecule has 130 valence electrons. The molecule has 0 aliphatic heterocycles. The molecule has 3 aliphatic rings. The summed E-state index contributed by atoms with van der Waals surface area (Å²) in [5.41, 5.74) is 3.27. The number of carbonyl (C=O) groups is 1. The van der Waals surface area contributed by atoms with Crippen molar-refractivity contribution >= 4 is 6.29 Å². The van der Waals surface area contributed by atoms with E-state index in [-0.39, 0.29) is 11.3 Å². The number of ether oxygens (including phenoxy) is 1. The lowest BCUT2D eigenvalue weighted by molar-refractivity contribution is -0.117. The molecule has 0 saturated heterocycles. The Morgan fingerprint density at radius 2 is 2.04 bits per heavy atom. The predicted octanol–water partition coefficient (Wildman–Crippen LogP) is 4.86. The van der Waals surface area contributed by atoms with Gasteiger partial charge in [0.25, 0.3) is 0 Å². The van der Waals surface area contributed by atoms with Crippen molar-refractivity contribution in [1.82, 2.24) is 0 Å². The number of hydrogen-bond donors (Lipinski definition) is 0. The van der Waals surface area contributed by atoms with E-state index in [1.807, 2.05) is 0 Å². The molecule has 0 radical (unpaired) electrons. The lowest BCUT2D eigenvalue weighted by Crippen LogP contribution is -2.45. The van der Waals surface area contributed by atoms with Gasteiger partial charge in [-0.1, -0.05) is 26.8 Å². The van der Waals surface area contributed by atoms with Gasteiger partial charge in [0.15, 0.2) is 0 Å². The quantitative estimate of drug-likeness (QED) is 0.726. The van der Waals surface area contributed by atoms with Crippen LogP contribution in [0.2, 0.25) is 0 Å². The highest BCUT2D eigenvalue weighted by atomic mass is 16.5. The molecule has 0 bridgehead atoms. The molecule has 7 atom stereocenters. The number of aldehydes is 1. The zero-order chi connectivity index (χ0) is 17.1. The van der Waals surface area contributed by atoms with E-state index in [4.69, 9.17) is 4.74 Å². The summed E-state index contributed by atoms with van der Waals surface area (Å²) in [6.07, 6.45) is 6.10. The van der Waals surface area contributed by atoms with Crippen molar-refractivity contribution in [3.8, 4) is 5.75 Å². The van der Waals surface area contributed by atoms with Gasteiger partial charge in [0.1, 0.15) is 12.0 Å². The minimum absolute atomic E-state index is 0.223. The molecule has 0 amide bonds. The van der Waals surface area contributed by atoms with Gasteiger partial charge in [-0.15, -0.1) is 0 Å². The number of hydrogen-bond acceptors (Lipinski definition) is 2. The summed E-state index contributed by atoms with van der Waals surface area (Å²) < 4.78 is 5.44. The van der Waals surface area contributed by atoms with Crippen molar-refractivity contribution in [2.75, 3.05) is 7.11 Å². The zero-order valence-electron chi connectivity index (χ0n) is 15.4. The first-order valence-corrected chi connectivity index (χ1v) is 9.61. The summed E-state index contributed by atoms with van der Waals surface area (Å²) in [4.78, 5) is 11.8. The van der Waals surface area contributed by atoms with Crippen molar-refractivity contribution in [3.05, 3.63) is 29.3 Å². The highest BCUT2D eigenvalue weighted by molar-refractivity contribution is 5.57. The van der Waals surface area contributed by atoms with E-state index in [0.29, 0.717) is 23.7 Å². The molecule has 0 spiro atoms. The molecule has 0 aromatic heterocycles. The van der Waals surface area contributed by atoms with E-state index in [0.717, 1.165) is 18.1 Å². The maximum atomic E-state index is 11.8. The Hall–Kier alpha value is -1.31. The fraction of sp³-hybridized carbons (Fsp3) is 0.682. The first-order valence-electron chi connectivity index (χ1n) is 9.61. The molecule has 2 heteroatoms. The Bertz CT molecular complexity index is 651. The number of fused-ring (bicyclic) bond motifs is 5. The van der Waals surface area contributed by atoms with Crippen LogP contribution in [0.4, 0.5) is 0 Å². The van der Waals surface area contributed by atoms with E-state index in [1.54, 1.807) is 12.7 Å². The van der Waals surface area contributed by atoms with Gasteiger partial charge in [0.05, 0.1) is 7.11 Å². The standard InChI is InChI=1S/C22H30O2/c1-13-10-19-21-14(2)9-15-11-16(24-4)5-6-17(15)18(21)7-8-22(19,3)20(13)12-23/h5-6,11-14,18-21H,7-10H2,1-4H3/t13-,14+,18+,19+,20+,21+,22-/m0/s1. The van der Waals surface area contributed by atoms with Gasteiger partial charge in [0.2, 0.25) is 0 Å². The molecule has 1 aromatic rings. The first-order chi connectivity index (χ1) is 11.5. The minimum atomic E-state index is 0.223.